The Morgan fingerprint density at radius 1 is 0.708 bits per heavy atom. The van der Waals surface area contributed by atoms with Crippen LogP contribution in [0.1, 0.15) is 79.1 Å². The van der Waals surface area contributed by atoms with Crippen molar-refractivity contribution < 1.29 is 0 Å². The summed E-state index contributed by atoms with van der Waals surface area (Å²) in [5, 5.41) is 1.77. The molecule has 0 unspecified atom stereocenters. The van der Waals surface area contributed by atoms with Crippen molar-refractivity contribution in [2.75, 3.05) is 11.5 Å². The summed E-state index contributed by atoms with van der Waals surface area (Å²) in [7, 11) is 0. The minimum Gasteiger partial charge on any atom is -0.211 e. The molecule has 1 aromatic heterocycles. The molecule has 0 aliphatic carbocycles. The number of unbranched alkanes of at least 4 members (excludes halogenated alkanes) is 4. The Balaban J connectivity index is 2.12. The third kappa shape index (κ3) is 12.1. The van der Waals surface area contributed by atoms with Crippen molar-refractivity contribution in [3.8, 4) is 0 Å². The summed E-state index contributed by atoms with van der Waals surface area (Å²) in [4.78, 5) is 13.1. The Labute approximate surface area is 157 Å². The summed E-state index contributed by atoms with van der Waals surface area (Å²) in [6.45, 7) is 9.18. The Hall–Kier alpha value is -0.290. The number of thioether (sulfide) groups is 2. The van der Waals surface area contributed by atoms with Gasteiger partial charge in [0.05, 0.1) is 0 Å². The third-order valence-electron chi connectivity index (χ3n) is 3.84. The van der Waals surface area contributed by atoms with E-state index in [0.29, 0.717) is 0 Å². The van der Waals surface area contributed by atoms with Crippen LogP contribution in [-0.4, -0.2) is 26.5 Å². The average molecular weight is 370 g/mol. The maximum absolute atomic E-state index is 4.57. The minimum atomic E-state index is 0.825. The zero-order chi connectivity index (χ0) is 17.6. The van der Waals surface area contributed by atoms with Gasteiger partial charge in [0, 0.05) is 11.5 Å². The van der Waals surface area contributed by atoms with Crippen molar-refractivity contribution in [2.24, 2.45) is 11.8 Å². The molecule has 0 saturated carbocycles. The van der Waals surface area contributed by atoms with Crippen molar-refractivity contribution in [2.45, 2.75) is 89.4 Å². The first-order valence-electron chi connectivity index (χ1n) is 9.52. The van der Waals surface area contributed by atoms with Crippen molar-refractivity contribution >= 4 is 23.5 Å². The Bertz CT molecular complexity index is 390. The van der Waals surface area contributed by atoms with Gasteiger partial charge in [0.2, 0.25) is 0 Å². The van der Waals surface area contributed by atoms with Gasteiger partial charge >= 0.3 is 0 Å². The smallest absolute Gasteiger partial charge is 0.191 e. The summed E-state index contributed by atoms with van der Waals surface area (Å²) in [5.74, 6) is 3.88. The monoisotopic (exact) mass is 369 g/mol. The number of hydrogen-bond donors (Lipinski definition) is 0. The van der Waals surface area contributed by atoms with Crippen LogP contribution < -0.4 is 0 Å². The number of hydrogen-bond acceptors (Lipinski definition) is 5. The van der Waals surface area contributed by atoms with Gasteiger partial charge in [-0.2, -0.15) is 4.98 Å². The molecule has 0 atom stereocenters. The largest absolute Gasteiger partial charge is 0.211 e. The highest BCUT2D eigenvalue weighted by molar-refractivity contribution is 7.99. The molecule has 0 amide bonds. The van der Waals surface area contributed by atoms with Crippen LogP contribution in [-0.2, 0) is 0 Å². The fraction of sp³-hybridized carbons (Fsp3) is 0.842. The number of aromatic nitrogens is 3. The molecule has 0 aromatic carbocycles. The van der Waals surface area contributed by atoms with E-state index in [9.17, 15) is 0 Å². The first-order chi connectivity index (χ1) is 11.6. The molecule has 1 heterocycles. The van der Waals surface area contributed by atoms with Crippen LogP contribution in [0.4, 0.5) is 0 Å². The van der Waals surface area contributed by atoms with Crippen LogP contribution >= 0.6 is 23.5 Å². The normalized spacial score (nSPS) is 11.6. The second-order valence-electron chi connectivity index (χ2n) is 7.23. The van der Waals surface area contributed by atoms with Crippen LogP contribution in [0.15, 0.2) is 16.6 Å². The SMILES string of the molecule is CC(C)CCCCCSc1ncnc(SCCCCCC(C)C)n1. The molecule has 3 nitrogen and oxygen atoms in total. The topological polar surface area (TPSA) is 38.7 Å². The molecular weight excluding hydrogens is 334 g/mol. The van der Waals surface area contributed by atoms with Gasteiger partial charge < -0.3 is 0 Å². The quantitative estimate of drug-likeness (QED) is 0.277. The second kappa shape index (κ2) is 13.9. The Morgan fingerprint density at radius 2 is 1.17 bits per heavy atom. The molecule has 1 aromatic rings. The molecule has 138 valence electrons. The van der Waals surface area contributed by atoms with Gasteiger partial charge in [0.1, 0.15) is 6.33 Å². The summed E-state index contributed by atoms with van der Waals surface area (Å²) < 4.78 is 0. The highest BCUT2D eigenvalue weighted by atomic mass is 32.2. The fourth-order valence-corrected chi connectivity index (χ4v) is 4.06. The third-order valence-corrected chi connectivity index (χ3v) is 5.74. The summed E-state index contributed by atoms with van der Waals surface area (Å²) in [5.41, 5.74) is 0. The van der Waals surface area contributed by atoms with E-state index in [1.165, 1.54) is 51.4 Å². The number of nitrogens with zero attached hydrogens (tertiary/aromatic N) is 3. The van der Waals surface area contributed by atoms with Crippen LogP contribution in [0.2, 0.25) is 0 Å². The van der Waals surface area contributed by atoms with Gasteiger partial charge in [-0.05, 0) is 24.7 Å². The molecule has 24 heavy (non-hydrogen) atoms. The number of rotatable bonds is 14. The minimum absolute atomic E-state index is 0.825. The zero-order valence-electron chi connectivity index (χ0n) is 16.0. The van der Waals surface area contributed by atoms with E-state index < -0.39 is 0 Å². The van der Waals surface area contributed by atoms with Gasteiger partial charge in [0.25, 0.3) is 0 Å². The highest BCUT2D eigenvalue weighted by Gasteiger charge is 2.03. The molecule has 0 fully saturated rings. The van der Waals surface area contributed by atoms with E-state index in [1.807, 2.05) is 0 Å². The van der Waals surface area contributed by atoms with Crippen LogP contribution in [0.5, 0.6) is 0 Å². The summed E-state index contributed by atoms with van der Waals surface area (Å²) in [6, 6.07) is 0. The molecule has 0 aliphatic heterocycles. The van der Waals surface area contributed by atoms with Crippen molar-refractivity contribution in [1.82, 2.24) is 15.0 Å². The molecule has 0 aliphatic rings. The predicted octanol–water partition coefficient (Wildman–Crippen LogP) is 6.49. The first kappa shape index (κ1) is 21.8. The van der Waals surface area contributed by atoms with E-state index in [0.717, 1.165) is 33.7 Å². The van der Waals surface area contributed by atoms with Gasteiger partial charge in [-0.3, -0.25) is 0 Å². The maximum Gasteiger partial charge on any atom is 0.191 e. The van der Waals surface area contributed by atoms with E-state index in [1.54, 1.807) is 29.9 Å². The summed E-state index contributed by atoms with van der Waals surface area (Å²) >= 11 is 3.54. The van der Waals surface area contributed by atoms with Crippen LogP contribution in [0, 0.1) is 11.8 Å². The van der Waals surface area contributed by atoms with Crippen LogP contribution in [0.3, 0.4) is 0 Å². The highest BCUT2D eigenvalue weighted by Crippen LogP contribution is 2.20. The lowest BCUT2D eigenvalue weighted by Crippen LogP contribution is -1.95. The standard InChI is InChI=1S/C19H35N3S2/c1-16(2)11-7-5-9-13-23-18-20-15-21-19(22-18)24-14-10-6-8-12-17(3)4/h15-17H,5-14H2,1-4H3. The van der Waals surface area contributed by atoms with Gasteiger partial charge in [-0.1, -0.05) is 89.7 Å². The zero-order valence-corrected chi connectivity index (χ0v) is 17.6. The van der Waals surface area contributed by atoms with Gasteiger partial charge in [-0.15, -0.1) is 0 Å². The van der Waals surface area contributed by atoms with E-state index in [4.69, 9.17) is 0 Å². The second-order valence-corrected chi connectivity index (χ2v) is 9.36. The molecule has 5 heteroatoms. The van der Waals surface area contributed by atoms with E-state index in [-0.39, 0.29) is 0 Å². The van der Waals surface area contributed by atoms with Crippen molar-refractivity contribution in [3.05, 3.63) is 6.33 Å². The summed E-state index contributed by atoms with van der Waals surface area (Å²) in [6.07, 6.45) is 12.2. The molecule has 1 rings (SSSR count). The molecule has 0 saturated heterocycles. The Kier molecular flexibility index (Phi) is 12.6. The van der Waals surface area contributed by atoms with Gasteiger partial charge in [-0.25, -0.2) is 9.97 Å². The first-order valence-corrected chi connectivity index (χ1v) is 11.5. The lowest BCUT2D eigenvalue weighted by atomic mass is 10.1. The molecule has 0 spiro atoms. The van der Waals surface area contributed by atoms with Crippen molar-refractivity contribution in [3.63, 3.8) is 0 Å². The maximum atomic E-state index is 4.57. The molecule has 0 radical (unpaired) electrons. The van der Waals surface area contributed by atoms with Crippen molar-refractivity contribution in [1.29, 1.82) is 0 Å². The lowest BCUT2D eigenvalue weighted by Gasteiger charge is -2.05. The lowest BCUT2D eigenvalue weighted by molar-refractivity contribution is 0.535. The predicted molar refractivity (Wildman–Crippen MR) is 108 cm³/mol. The van der Waals surface area contributed by atoms with Crippen LogP contribution in [0.25, 0.3) is 0 Å². The molecular formula is C19H35N3S2. The fourth-order valence-electron chi connectivity index (χ4n) is 2.40. The molecule has 0 N–H and O–H groups in total. The van der Waals surface area contributed by atoms with E-state index >= 15 is 0 Å². The van der Waals surface area contributed by atoms with Gasteiger partial charge in [0.15, 0.2) is 10.3 Å². The Morgan fingerprint density at radius 3 is 1.58 bits per heavy atom. The molecule has 0 bridgehead atoms. The van der Waals surface area contributed by atoms with E-state index in [2.05, 4.69) is 42.6 Å². The average Bonchev–Trinajstić information content (AvgIpc) is 2.54.